The summed E-state index contributed by atoms with van der Waals surface area (Å²) in [5, 5.41) is 7.75. The van der Waals surface area contributed by atoms with Gasteiger partial charge in [-0.15, -0.1) is 0 Å². The lowest BCUT2D eigenvalue weighted by molar-refractivity contribution is 0.0975. The van der Waals surface area contributed by atoms with E-state index in [1.54, 1.807) is 31.4 Å². The highest BCUT2D eigenvalue weighted by molar-refractivity contribution is 9.10. The molecule has 5 aromatic rings. The van der Waals surface area contributed by atoms with Gasteiger partial charge in [0.2, 0.25) is 5.89 Å². The van der Waals surface area contributed by atoms with E-state index in [4.69, 9.17) is 26.1 Å². The monoisotopic (exact) mass is 561 g/mol. The average molecular weight is 562 g/mol. The number of halogens is 1. The second kappa shape index (κ2) is 9.96. The van der Waals surface area contributed by atoms with Gasteiger partial charge in [0.05, 0.1) is 24.3 Å². The first-order valence-electron chi connectivity index (χ1n) is 10.9. The number of nitrogens with one attached hydrogen (secondary N) is 2. The Hall–Kier alpha value is -3.95. The van der Waals surface area contributed by atoms with Crippen molar-refractivity contribution < 1.29 is 18.7 Å². The SMILES string of the molecule is COc1ccc(-c2nc3cc(NC(=S)NC(=O)c4cc5ccccc5c(Br)c4OC)ccc3o2)cc1. The minimum atomic E-state index is -0.389. The van der Waals surface area contributed by atoms with Crippen molar-refractivity contribution in [2.24, 2.45) is 0 Å². The summed E-state index contributed by atoms with van der Waals surface area (Å²) in [6.45, 7) is 0. The van der Waals surface area contributed by atoms with E-state index < -0.39 is 0 Å². The van der Waals surface area contributed by atoms with E-state index in [1.807, 2.05) is 48.5 Å². The fourth-order valence-electron chi connectivity index (χ4n) is 3.85. The molecule has 180 valence electrons. The van der Waals surface area contributed by atoms with Gasteiger partial charge in [-0.25, -0.2) is 4.98 Å². The van der Waals surface area contributed by atoms with Crippen LogP contribution in [0.25, 0.3) is 33.3 Å². The van der Waals surface area contributed by atoms with Crippen molar-refractivity contribution in [3.8, 4) is 23.0 Å². The minimum Gasteiger partial charge on any atom is -0.497 e. The van der Waals surface area contributed by atoms with Crippen molar-refractivity contribution in [2.45, 2.75) is 0 Å². The number of ether oxygens (including phenoxy) is 2. The molecule has 1 heterocycles. The highest BCUT2D eigenvalue weighted by Crippen LogP contribution is 2.36. The van der Waals surface area contributed by atoms with E-state index in [-0.39, 0.29) is 11.0 Å². The van der Waals surface area contributed by atoms with Gasteiger partial charge in [-0.1, -0.05) is 24.3 Å². The van der Waals surface area contributed by atoms with Gasteiger partial charge >= 0.3 is 0 Å². The zero-order chi connectivity index (χ0) is 25.2. The molecule has 0 unspecified atom stereocenters. The summed E-state index contributed by atoms with van der Waals surface area (Å²) in [5.41, 5.74) is 3.14. The van der Waals surface area contributed by atoms with Gasteiger partial charge in [0, 0.05) is 11.3 Å². The van der Waals surface area contributed by atoms with Gasteiger partial charge in [-0.05, 0) is 87.5 Å². The number of thiocarbonyl (C=S) groups is 1. The summed E-state index contributed by atoms with van der Waals surface area (Å²) in [6, 6.07) is 22.4. The summed E-state index contributed by atoms with van der Waals surface area (Å²) < 4.78 is 17.3. The van der Waals surface area contributed by atoms with Crippen molar-refractivity contribution in [2.75, 3.05) is 19.5 Å². The number of anilines is 1. The molecule has 2 N–H and O–H groups in total. The van der Waals surface area contributed by atoms with Crippen LogP contribution in [-0.4, -0.2) is 30.2 Å². The van der Waals surface area contributed by atoms with Crippen molar-refractivity contribution in [3.05, 3.63) is 82.8 Å². The Kier molecular flexibility index (Phi) is 6.58. The smallest absolute Gasteiger partial charge is 0.261 e. The van der Waals surface area contributed by atoms with Crippen LogP contribution in [0, 0.1) is 0 Å². The average Bonchev–Trinajstić information content (AvgIpc) is 3.32. The predicted octanol–water partition coefficient (Wildman–Crippen LogP) is 6.55. The zero-order valence-corrected chi connectivity index (χ0v) is 21.7. The third-order valence-corrected chi connectivity index (χ3v) is 6.59. The number of methoxy groups -OCH3 is 2. The van der Waals surface area contributed by atoms with E-state index in [0.29, 0.717) is 38.5 Å². The van der Waals surface area contributed by atoms with Crippen LogP contribution in [0.3, 0.4) is 0 Å². The van der Waals surface area contributed by atoms with Crippen molar-refractivity contribution in [3.63, 3.8) is 0 Å². The predicted molar refractivity (Wildman–Crippen MR) is 148 cm³/mol. The Bertz CT molecular complexity index is 1620. The number of rotatable bonds is 5. The van der Waals surface area contributed by atoms with Crippen LogP contribution in [0.15, 0.2) is 81.7 Å². The van der Waals surface area contributed by atoms with Crippen LogP contribution in [0.5, 0.6) is 11.5 Å². The molecule has 1 aromatic heterocycles. The maximum Gasteiger partial charge on any atom is 0.261 e. The molecule has 0 spiro atoms. The molecule has 0 atom stereocenters. The number of hydrogen-bond acceptors (Lipinski definition) is 6. The molecule has 1 amide bonds. The Morgan fingerprint density at radius 3 is 2.53 bits per heavy atom. The van der Waals surface area contributed by atoms with Crippen LogP contribution in [-0.2, 0) is 0 Å². The molecule has 0 bridgehead atoms. The number of hydrogen-bond donors (Lipinski definition) is 2. The first-order chi connectivity index (χ1) is 17.5. The first-order valence-corrected chi connectivity index (χ1v) is 12.1. The molecule has 0 saturated carbocycles. The van der Waals surface area contributed by atoms with Crippen LogP contribution < -0.4 is 20.1 Å². The second-order valence-electron chi connectivity index (χ2n) is 7.83. The van der Waals surface area contributed by atoms with E-state index >= 15 is 0 Å². The Balaban J connectivity index is 1.34. The second-order valence-corrected chi connectivity index (χ2v) is 9.03. The molecular formula is C27H20BrN3O4S. The fraction of sp³-hybridized carbons (Fsp3) is 0.0741. The molecule has 0 radical (unpaired) electrons. The molecule has 9 heteroatoms. The van der Waals surface area contributed by atoms with Crippen molar-refractivity contribution in [1.82, 2.24) is 10.3 Å². The topological polar surface area (TPSA) is 85.6 Å². The summed E-state index contributed by atoms with van der Waals surface area (Å²) in [7, 11) is 3.14. The lowest BCUT2D eigenvalue weighted by atomic mass is 10.1. The Morgan fingerprint density at radius 2 is 1.78 bits per heavy atom. The number of oxazole rings is 1. The summed E-state index contributed by atoms with van der Waals surface area (Å²) in [5.74, 6) is 1.30. The molecule has 0 aliphatic heterocycles. The highest BCUT2D eigenvalue weighted by atomic mass is 79.9. The highest BCUT2D eigenvalue weighted by Gasteiger charge is 2.19. The molecule has 4 aromatic carbocycles. The van der Waals surface area contributed by atoms with Gasteiger partial charge in [0.1, 0.15) is 17.0 Å². The molecule has 0 aliphatic rings. The van der Waals surface area contributed by atoms with Crippen LogP contribution >= 0.6 is 28.1 Å². The quantitative estimate of drug-likeness (QED) is 0.235. The minimum absolute atomic E-state index is 0.143. The number of nitrogens with zero attached hydrogens (tertiary/aromatic N) is 1. The van der Waals surface area contributed by atoms with Crippen LogP contribution in [0.1, 0.15) is 10.4 Å². The number of carbonyl (C=O) groups excluding carboxylic acids is 1. The normalized spacial score (nSPS) is 10.9. The van der Waals surface area contributed by atoms with Crippen LogP contribution in [0.4, 0.5) is 5.69 Å². The molecule has 36 heavy (non-hydrogen) atoms. The molecular weight excluding hydrogens is 542 g/mol. The van der Waals surface area contributed by atoms with E-state index in [2.05, 4.69) is 31.5 Å². The molecule has 5 rings (SSSR count). The standard InChI is InChI=1S/C27H20BrN3O4S/c1-33-18-10-7-15(8-11-18)26-30-21-14-17(9-12-22(21)35-26)29-27(36)31-25(32)20-13-16-5-3-4-6-19(16)23(28)24(20)34-2/h3-14H,1-2H3,(H2,29,31,32,36). The molecule has 0 aliphatic carbocycles. The number of carbonyl (C=O) groups is 1. The lowest BCUT2D eigenvalue weighted by Gasteiger charge is -2.14. The van der Waals surface area contributed by atoms with Gasteiger partial charge < -0.3 is 19.2 Å². The van der Waals surface area contributed by atoms with Gasteiger partial charge in [-0.3, -0.25) is 10.1 Å². The number of aromatic nitrogens is 1. The summed E-state index contributed by atoms with van der Waals surface area (Å²) in [4.78, 5) is 17.6. The van der Waals surface area contributed by atoms with Gasteiger partial charge in [-0.2, -0.15) is 0 Å². The Labute approximate surface area is 220 Å². The number of benzene rings is 4. The largest absolute Gasteiger partial charge is 0.497 e. The van der Waals surface area contributed by atoms with Gasteiger partial charge in [0.25, 0.3) is 5.91 Å². The maximum absolute atomic E-state index is 13.1. The number of fused-ring (bicyclic) bond motifs is 2. The van der Waals surface area contributed by atoms with E-state index in [0.717, 1.165) is 22.1 Å². The van der Waals surface area contributed by atoms with E-state index in [1.165, 1.54) is 7.11 Å². The number of amides is 1. The van der Waals surface area contributed by atoms with Crippen LogP contribution in [0.2, 0.25) is 0 Å². The first kappa shape index (κ1) is 23.8. The summed E-state index contributed by atoms with van der Waals surface area (Å²) in [6.07, 6.45) is 0. The third-order valence-electron chi connectivity index (χ3n) is 5.60. The third kappa shape index (κ3) is 4.62. The lowest BCUT2D eigenvalue weighted by Crippen LogP contribution is -2.34. The van der Waals surface area contributed by atoms with Crippen molar-refractivity contribution in [1.29, 1.82) is 0 Å². The van der Waals surface area contributed by atoms with E-state index in [9.17, 15) is 4.79 Å². The molecule has 7 nitrogen and oxygen atoms in total. The molecule has 0 fully saturated rings. The molecule has 0 saturated heterocycles. The van der Waals surface area contributed by atoms with Crippen molar-refractivity contribution >= 4 is 66.7 Å². The fourth-order valence-corrected chi connectivity index (χ4v) is 4.79. The summed E-state index contributed by atoms with van der Waals surface area (Å²) >= 11 is 8.95. The zero-order valence-electron chi connectivity index (χ0n) is 19.3. The van der Waals surface area contributed by atoms with Gasteiger partial charge in [0.15, 0.2) is 10.7 Å². The Morgan fingerprint density at radius 1 is 1.00 bits per heavy atom. The maximum atomic E-state index is 13.1.